The average Bonchev–Trinajstić information content (AvgIpc) is 3.62. The van der Waals surface area contributed by atoms with Crippen molar-refractivity contribution in [1.29, 1.82) is 0 Å². The van der Waals surface area contributed by atoms with Gasteiger partial charge in [0.05, 0.1) is 53.4 Å². The predicted octanol–water partition coefficient (Wildman–Crippen LogP) is 3.49. The molecular weight excluding hydrogens is 446 g/mol. The van der Waals surface area contributed by atoms with E-state index in [4.69, 9.17) is 9.72 Å². The smallest absolute Gasteiger partial charge is 0.257 e. The van der Waals surface area contributed by atoms with E-state index in [1.807, 2.05) is 48.0 Å². The molecular formula is C24H25N9O2. The van der Waals surface area contributed by atoms with Gasteiger partial charge in [0.2, 0.25) is 5.95 Å². The minimum Gasteiger partial charge on any atom is -0.378 e. The van der Waals surface area contributed by atoms with Crippen LogP contribution in [-0.2, 0) is 11.3 Å². The Kier molecular flexibility index (Phi) is 5.30. The number of rotatable bonds is 6. The van der Waals surface area contributed by atoms with E-state index >= 15 is 0 Å². The minimum atomic E-state index is -0.194. The number of aromatic amines is 2. The number of carbonyl (C=O) groups excluding carboxylic acids is 1. The molecule has 0 unspecified atom stereocenters. The lowest BCUT2D eigenvalue weighted by molar-refractivity contribution is 0.102. The number of anilines is 4. The number of nitrogens with zero attached hydrogens (tertiary/aromatic N) is 5. The Morgan fingerprint density at radius 2 is 2.03 bits per heavy atom. The largest absolute Gasteiger partial charge is 0.378 e. The lowest BCUT2D eigenvalue weighted by Crippen LogP contribution is -2.37. The Balaban J connectivity index is 1.36. The average molecular weight is 472 g/mol. The van der Waals surface area contributed by atoms with Crippen LogP contribution in [-0.4, -0.2) is 62.2 Å². The van der Waals surface area contributed by atoms with Gasteiger partial charge in [0, 0.05) is 36.8 Å². The number of aryl methyl sites for hydroxylation is 1. The zero-order chi connectivity index (χ0) is 23.8. The molecule has 6 rings (SSSR count). The lowest BCUT2D eigenvalue weighted by Gasteiger charge is -2.30. The van der Waals surface area contributed by atoms with Gasteiger partial charge in [0.25, 0.3) is 5.91 Å². The van der Waals surface area contributed by atoms with Gasteiger partial charge in [-0.3, -0.25) is 9.89 Å². The summed E-state index contributed by atoms with van der Waals surface area (Å²) < 4.78 is 7.38. The van der Waals surface area contributed by atoms with Gasteiger partial charge >= 0.3 is 0 Å². The topological polar surface area (TPSA) is 129 Å². The molecule has 0 saturated carbocycles. The Bertz CT molecular complexity index is 1510. The fourth-order valence-electron chi connectivity index (χ4n) is 4.38. The van der Waals surface area contributed by atoms with Gasteiger partial charge < -0.3 is 25.3 Å². The van der Waals surface area contributed by atoms with Gasteiger partial charge in [-0.2, -0.15) is 10.2 Å². The fourth-order valence-corrected chi connectivity index (χ4v) is 4.38. The monoisotopic (exact) mass is 471 g/mol. The van der Waals surface area contributed by atoms with Gasteiger partial charge in [-0.15, -0.1) is 0 Å². The molecule has 1 saturated heterocycles. The molecule has 0 atom stereocenters. The number of hydrogen-bond acceptors (Lipinski definition) is 7. The highest BCUT2D eigenvalue weighted by Gasteiger charge is 2.22. The number of carbonyl (C=O) groups is 1. The van der Waals surface area contributed by atoms with Crippen LogP contribution >= 0.6 is 0 Å². The van der Waals surface area contributed by atoms with Crippen molar-refractivity contribution in [2.24, 2.45) is 0 Å². The first-order valence-electron chi connectivity index (χ1n) is 11.6. The number of benzene rings is 2. The molecule has 1 aliphatic rings. The molecule has 178 valence electrons. The van der Waals surface area contributed by atoms with Crippen LogP contribution in [0.1, 0.15) is 17.3 Å². The second-order valence-electron chi connectivity index (χ2n) is 8.35. The van der Waals surface area contributed by atoms with Crippen molar-refractivity contribution in [3.8, 4) is 0 Å². The van der Waals surface area contributed by atoms with E-state index < -0.39 is 0 Å². The number of aromatic nitrogens is 6. The van der Waals surface area contributed by atoms with Crippen LogP contribution in [0.2, 0.25) is 0 Å². The van der Waals surface area contributed by atoms with E-state index in [1.54, 1.807) is 12.4 Å². The number of imidazole rings is 1. The summed E-state index contributed by atoms with van der Waals surface area (Å²) in [5.41, 5.74) is 4.49. The van der Waals surface area contributed by atoms with E-state index in [9.17, 15) is 4.79 Å². The molecule has 1 aliphatic heterocycles. The third-order valence-electron chi connectivity index (χ3n) is 6.16. The van der Waals surface area contributed by atoms with Gasteiger partial charge in [0.1, 0.15) is 5.82 Å². The molecule has 35 heavy (non-hydrogen) atoms. The highest BCUT2D eigenvalue weighted by Crippen LogP contribution is 2.30. The normalized spacial score (nSPS) is 14.0. The molecule has 1 amide bonds. The van der Waals surface area contributed by atoms with Crippen LogP contribution in [0.4, 0.5) is 23.1 Å². The molecule has 4 heterocycles. The number of morpholine rings is 1. The molecule has 3 aromatic heterocycles. The van der Waals surface area contributed by atoms with Crippen molar-refractivity contribution in [1.82, 2.24) is 29.9 Å². The molecule has 2 aromatic carbocycles. The number of nitrogens with one attached hydrogen (secondary N) is 4. The highest BCUT2D eigenvalue weighted by atomic mass is 16.5. The van der Waals surface area contributed by atoms with Gasteiger partial charge in [-0.1, -0.05) is 0 Å². The second kappa shape index (κ2) is 8.76. The standard InChI is InChI=1S/C24H25N9O2/c1-2-33-22(5-6-26-33)30-24-28-19-12-17(21(13-20(19)29-24)32-7-9-35-10-8-32)23(34)27-16-4-3-15-14-25-31-18(15)11-16/h3-6,11-14H,2,7-10H2,1H3,(H,25,31)(H,27,34)(H2,28,29,30). The molecule has 1 fully saturated rings. The van der Waals surface area contributed by atoms with E-state index in [0.29, 0.717) is 43.5 Å². The number of ether oxygens (including phenoxy) is 1. The number of hydrogen-bond donors (Lipinski definition) is 4. The number of amides is 1. The molecule has 0 bridgehead atoms. The molecule has 0 radical (unpaired) electrons. The van der Waals surface area contributed by atoms with Crippen molar-refractivity contribution in [2.45, 2.75) is 13.5 Å². The summed E-state index contributed by atoms with van der Waals surface area (Å²) in [7, 11) is 0. The Morgan fingerprint density at radius 3 is 2.89 bits per heavy atom. The highest BCUT2D eigenvalue weighted by molar-refractivity contribution is 6.11. The first-order chi connectivity index (χ1) is 17.2. The van der Waals surface area contributed by atoms with E-state index in [0.717, 1.165) is 40.0 Å². The van der Waals surface area contributed by atoms with Crippen LogP contribution in [0.5, 0.6) is 0 Å². The molecule has 5 aromatic rings. The molecule has 0 aliphatic carbocycles. The maximum atomic E-state index is 13.5. The van der Waals surface area contributed by atoms with Crippen molar-refractivity contribution >= 4 is 51.0 Å². The zero-order valence-electron chi connectivity index (χ0n) is 19.2. The van der Waals surface area contributed by atoms with Crippen LogP contribution in [0.25, 0.3) is 21.9 Å². The van der Waals surface area contributed by atoms with Crippen LogP contribution in [0, 0.1) is 0 Å². The van der Waals surface area contributed by atoms with Crippen LogP contribution in [0.15, 0.2) is 48.8 Å². The molecule has 11 nitrogen and oxygen atoms in total. The fraction of sp³-hybridized carbons (Fsp3) is 0.250. The van der Waals surface area contributed by atoms with Crippen LogP contribution in [0.3, 0.4) is 0 Å². The summed E-state index contributed by atoms with van der Waals surface area (Å²) in [5.74, 6) is 1.23. The maximum absolute atomic E-state index is 13.5. The van der Waals surface area contributed by atoms with Gasteiger partial charge in [-0.05, 0) is 37.3 Å². The van der Waals surface area contributed by atoms with Crippen molar-refractivity contribution in [2.75, 3.05) is 41.8 Å². The van der Waals surface area contributed by atoms with Crippen molar-refractivity contribution < 1.29 is 9.53 Å². The number of fused-ring (bicyclic) bond motifs is 2. The number of H-pyrrole nitrogens is 2. The Morgan fingerprint density at radius 1 is 1.14 bits per heavy atom. The third-order valence-corrected chi connectivity index (χ3v) is 6.16. The Hall–Kier alpha value is -4.38. The summed E-state index contributed by atoms with van der Waals surface area (Å²) in [6.45, 7) is 5.41. The minimum absolute atomic E-state index is 0.194. The summed E-state index contributed by atoms with van der Waals surface area (Å²) in [6.07, 6.45) is 3.50. The molecule has 4 N–H and O–H groups in total. The third kappa shape index (κ3) is 4.06. The zero-order valence-corrected chi connectivity index (χ0v) is 19.2. The predicted molar refractivity (Wildman–Crippen MR) is 134 cm³/mol. The lowest BCUT2D eigenvalue weighted by atomic mass is 10.1. The summed E-state index contributed by atoms with van der Waals surface area (Å²) in [5, 5.41) is 18.6. The summed E-state index contributed by atoms with van der Waals surface area (Å²) in [4.78, 5) is 23.7. The van der Waals surface area contributed by atoms with Gasteiger partial charge in [-0.25, -0.2) is 9.67 Å². The first kappa shape index (κ1) is 21.2. The first-order valence-corrected chi connectivity index (χ1v) is 11.6. The summed E-state index contributed by atoms with van der Waals surface area (Å²) in [6, 6.07) is 11.4. The maximum Gasteiger partial charge on any atom is 0.257 e. The van der Waals surface area contributed by atoms with E-state index in [2.05, 4.69) is 35.8 Å². The second-order valence-corrected chi connectivity index (χ2v) is 8.35. The SMILES string of the molecule is CCn1nccc1Nc1nc2cc(N3CCOCC3)c(C(=O)Nc3ccc4cn[nH]c4c3)cc2[nH]1. The van der Waals surface area contributed by atoms with E-state index in [-0.39, 0.29) is 5.91 Å². The van der Waals surface area contributed by atoms with E-state index in [1.165, 1.54) is 0 Å². The van der Waals surface area contributed by atoms with Crippen LogP contribution < -0.4 is 15.5 Å². The quantitative estimate of drug-likeness (QED) is 0.298. The molecule has 0 spiro atoms. The summed E-state index contributed by atoms with van der Waals surface area (Å²) >= 11 is 0. The Labute approximate surface area is 200 Å². The van der Waals surface area contributed by atoms with Crippen molar-refractivity contribution in [3.63, 3.8) is 0 Å². The van der Waals surface area contributed by atoms with Crippen molar-refractivity contribution in [3.05, 3.63) is 54.4 Å². The molecule has 11 heteroatoms. The van der Waals surface area contributed by atoms with Gasteiger partial charge in [0.15, 0.2) is 0 Å².